The lowest BCUT2D eigenvalue weighted by molar-refractivity contribution is -0.116. The van der Waals surface area contributed by atoms with Gasteiger partial charge >= 0.3 is 0 Å². The van der Waals surface area contributed by atoms with Crippen molar-refractivity contribution in [3.8, 4) is 0 Å². The number of aromatic nitrogens is 2. The zero-order chi connectivity index (χ0) is 15.4. The number of amides is 1. The molecule has 110 valence electrons. The number of nitrogens with two attached hydrogens (primary N) is 1. The van der Waals surface area contributed by atoms with E-state index in [0.29, 0.717) is 10.2 Å². The van der Waals surface area contributed by atoms with Crippen LogP contribution in [-0.4, -0.2) is 15.5 Å². The normalized spacial score (nSPS) is 10.4. The molecule has 0 saturated heterocycles. The average molecular weight is 355 g/mol. The molecule has 1 amide bonds. The van der Waals surface area contributed by atoms with E-state index in [4.69, 9.17) is 5.73 Å². The van der Waals surface area contributed by atoms with E-state index < -0.39 is 5.82 Å². The summed E-state index contributed by atoms with van der Waals surface area (Å²) in [4.78, 5) is 27.4. The van der Waals surface area contributed by atoms with Crippen molar-refractivity contribution in [3.63, 3.8) is 0 Å². The number of carbonyl (C=O) groups is 1. The third-order valence-electron chi connectivity index (χ3n) is 2.73. The van der Waals surface area contributed by atoms with Crippen LogP contribution >= 0.6 is 15.9 Å². The quantitative estimate of drug-likeness (QED) is 0.818. The van der Waals surface area contributed by atoms with E-state index in [1.165, 1.54) is 29.2 Å². The van der Waals surface area contributed by atoms with Crippen LogP contribution < -0.4 is 16.6 Å². The van der Waals surface area contributed by atoms with Crippen molar-refractivity contribution >= 4 is 33.2 Å². The Hall–Kier alpha value is -2.22. The van der Waals surface area contributed by atoms with E-state index >= 15 is 0 Å². The molecule has 0 aliphatic heterocycles. The number of nitrogen functional groups attached to an aromatic ring is 1. The minimum atomic E-state index is -0.475. The van der Waals surface area contributed by atoms with Crippen molar-refractivity contribution in [1.82, 2.24) is 9.55 Å². The number of carbonyl (C=O) groups excluding carboxylic acids is 1. The Morgan fingerprint density at radius 2 is 2.24 bits per heavy atom. The molecule has 0 unspecified atom stereocenters. The minimum Gasteiger partial charge on any atom is -0.397 e. The molecule has 0 radical (unpaired) electrons. The van der Waals surface area contributed by atoms with Gasteiger partial charge in [0.2, 0.25) is 5.91 Å². The monoisotopic (exact) mass is 354 g/mol. The molecule has 1 heterocycles. The number of nitrogens with one attached hydrogen (secondary N) is 1. The first-order valence-electron chi connectivity index (χ1n) is 6.02. The van der Waals surface area contributed by atoms with Gasteiger partial charge in [-0.25, -0.2) is 9.37 Å². The molecule has 0 fully saturated rings. The Labute approximate surface area is 127 Å². The number of hydrogen-bond acceptors (Lipinski definition) is 4. The van der Waals surface area contributed by atoms with Crippen molar-refractivity contribution in [3.05, 3.63) is 51.4 Å². The second kappa shape index (κ2) is 6.49. The summed E-state index contributed by atoms with van der Waals surface area (Å²) in [6.07, 6.45) is 2.81. The molecule has 6 nitrogen and oxygen atoms in total. The smallest absolute Gasteiger partial charge is 0.267 e. The lowest BCUT2D eigenvalue weighted by Crippen LogP contribution is -2.23. The zero-order valence-electron chi connectivity index (χ0n) is 10.8. The Balaban J connectivity index is 1.99. The van der Waals surface area contributed by atoms with Gasteiger partial charge in [0.05, 0.1) is 17.7 Å². The fraction of sp³-hybridized carbons (Fsp3) is 0.154. The lowest BCUT2D eigenvalue weighted by Gasteiger charge is -2.09. The Bertz CT molecular complexity index is 732. The van der Waals surface area contributed by atoms with E-state index in [-0.39, 0.29) is 30.1 Å². The maximum atomic E-state index is 12.9. The summed E-state index contributed by atoms with van der Waals surface area (Å²) in [5.74, 6) is -0.808. The number of rotatable bonds is 4. The Kier molecular flexibility index (Phi) is 4.69. The molecule has 1 aromatic carbocycles. The highest BCUT2D eigenvalue weighted by molar-refractivity contribution is 9.10. The lowest BCUT2D eigenvalue weighted by atomic mass is 10.2. The fourth-order valence-corrected chi connectivity index (χ4v) is 2.01. The highest BCUT2D eigenvalue weighted by Gasteiger charge is 2.08. The van der Waals surface area contributed by atoms with Crippen molar-refractivity contribution in [2.45, 2.75) is 13.0 Å². The molecule has 0 aliphatic rings. The van der Waals surface area contributed by atoms with Crippen molar-refractivity contribution in [1.29, 1.82) is 0 Å². The highest BCUT2D eigenvalue weighted by atomic mass is 79.9. The van der Waals surface area contributed by atoms with Gasteiger partial charge in [-0.3, -0.25) is 14.2 Å². The minimum absolute atomic E-state index is 0.0643. The largest absolute Gasteiger partial charge is 0.397 e. The fourth-order valence-electron chi connectivity index (χ4n) is 1.67. The van der Waals surface area contributed by atoms with Crippen LogP contribution in [0.25, 0.3) is 0 Å². The molecule has 2 rings (SSSR count). The molecule has 2 aromatic rings. The molecule has 21 heavy (non-hydrogen) atoms. The average Bonchev–Trinajstić information content (AvgIpc) is 2.43. The van der Waals surface area contributed by atoms with Gasteiger partial charge in [-0.1, -0.05) is 0 Å². The number of hydrogen-bond donors (Lipinski definition) is 2. The van der Waals surface area contributed by atoms with Gasteiger partial charge in [-0.15, -0.1) is 0 Å². The molecule has 0 aliphatic carbocycles. The SMILES string of the molecule is Nc1cc(F)ccc1NC(=O)CCn1cncc(Br)c1=O. The predicted molar refractivity (Wildman–Crippen MR) is 80.3 cm³/mol. The summed E-state index contributed by atoms with van der Waals surface area (Å²) < 4.78 is 14.5. The predicted octanol–water partition coefficient (Wildman–Crippen LogP) is 1.76. The summed E-state index contributed by atoms with van der Waals surface area (Å²) in [7, 11) is 0. The van der Waals surface area contributed by atoms with E-state index in [1.807, 2.05) is 0 Å². The van der Waals surface area contributed by atoms with E-state index in [0.717, 1.165) is 6.07 Å². The molecule has 0 atom stereocenters. The van der Waals surface area contributed by atoms with Crippen LogP contribution in [0.15, 0.2) is 40.0 Å². The van der Waals surface area contributed by atoms with Crippen molar-refractivity contribution in [2.24, 2.45) is 0 Å². The first-order valence-corrected chi connectivity index (χ1v) is 6.81. The Morgan fingerprint density at radius 3 is 2.95 bits per heavy atom. The van der Waals surface area contributed by atoms with Crippen molar-refractivity contribution in [2.75, 3.05) is 11.1 Å². The van der Waals surface area contributed by atoms with Crippen LogP contribution in [0.4, 0.5) is 15.8 Å². The zero-order valence-corrected chi connectivity index (χ0v) is 12.4. The molecule has 0 bridgehead atoms. The first-order chi connectivity index (χ1) is 9.97. The number of benzene rings is 1. The van der Waals surface area contributed by atoms with Gasteiger partial charge in [-0.2, -0.15) is 0 Å². The van der Waals surface area contributed by atoms with Crippen LogP contribution in [0.1, 0.15) is 6.42 Å². The highest BCUT2D eigenvalue weighted by Crippen LogP contribution is 2.19. The number of halogens is 2. The molecule has 1 aromatic heterocycles. The van der Waals surface area contributed by atoms with Crippen LogP contribution in [0, 0.1) is 5.82 Å². The van der Waals surface area contributed by atoms with Gasteiger partial charge in [0, 0.05) is 19.2 Å². The van der Waals surface area contributed by atoms with Crippen LogP contribution in [0.2, 0.25) is 0 Å². The molecular weight excluding hydrogens is 343 g/mol. The summed E-state index contributed by atoms with van der Waals surface area (Å²) in [5, 5.41) is 2.56. The van der Waals surface area contributed by atoms with E-state index in [9.17, 15) is 14.0 Å². The van der Waals surface area contributed by atoms with Crippen LogP contribution in [0.5, 0.6) is 0 Å². The van der Waals surface area contributed by atoms with Crippen molar-refractivity contribution < 1.29 is 9.18 Å². The van der Waals surface area contributed by atoms with Crippen LogP contribution in [-0.2, 0) is 11.3 Å². The van der Waals surface area contributed by atoms with E-state index in [1.54, 1.807) is 0 Å². The first kappa shape index (κ1) is 15.2. The van der Waals surface area contributed by atoms with Gasteiger partial charge < -0.3 is 11.1 Å². The van der Waals surface area contributed by atoms with Gasteiger partial charge in [-0.05, 0) is 34.1 Å². The summed E-state index contributed by atoms with van der Waals surface area (Å²) in [6.45, 7) is 0.179. The molecule has 0 saturated carbocycles. The van der Waals surface area contributed by atoms with Gasteiger partial charge in [0.25, 0.3) is 5.56 Å². The molecule has 3 N–H and O–H groups in total. The maximum absolute atomic E-state index is 12.9. The summed E-state index contributed by atoms with van der Waals surface area (Å²) in [5.41, 5.74) is 5.81. The second-order valence-corrected chi connectivity index (χ2v) is 5.12. The second-order valence-electron chi connectivity index (χ2n) is 4.27. The molecule has 0 spiro atoms. The van der Waals surface area contributed by atoms with Crippen LogP contribution in [0.3, 0.4) is 0 Å². The molecular formula is C13H12BrFN4O2. The summed E-state index contributed by atoms with van der Waals surface area (Å²) >= 11 is 3.07. The van der Waals surface area contributed by atoms with E-state index in [2.05, 4.69) is 26.2 Å². The van der Waals surface area contributed by atoms with Gasteiger partial charge in [0.15, 0.2) is 0 Å². The number of nitrogens with zero attached hydrogens (tertiary/aromatic N) is 2. The topological polar surface area (TPSA) is 90.0 Å². The standard InChI is InChI=1S/C13H12BrFN4O2/c14-9-6-17-7-19(13(9)21)4-3-12(20)18-11-2-1-8(15)5-10(11)16/h1-2,5-7H,3-4,16H2,(H,18,20). The number of anilines is 2. The molecule has 8 heteroatoms. The Morgan fingerprint density at radius 1 is 1.48 bits per heavy atom. The number of aryl methyl sites for hydroxylation is 1. The third-order valence-corrected chi connectivity index (χ3v) is 3.27. The maximum Gasteiger partial charge on any atom is 0.267 e. The summed E-state index contributed by atoms with van der Waals surface area (Å²) in [6, 6.07) is 3.71. The van der Waals surface area contributed by atoms with Gasteiger partial charge in [0.1, 0.15) is 10.3 Å². The third kappa shape index (κ3) is 3.88.